The number of aromatic nitrogens is 1. The molecule has 29 heavy (non-hydrogen) atoms. The lowest BCUT2D eigenvalue weighted by atomic mass is 10.2. The number of thiazole rings is 1. The van der Waals surface area contributed by atoms with Crippen LogP contribution in [0.2, 0.25) is 10.0 Å². The summed E-state index contributed by atoms with van der Waals surface area (Å²) in [5.41, 5.74) is 1.26. The third-order valence-electron chi connectivity index (χ3n) is 3.55. The molecule has 2 aromatic carbocycles. The van der Waals surface area contributed by atoms with E-state index in [4.69, 9.17) is 23.2 Å². The fourth-order valence-corrected chi connectivity index (χ4v) is 3.40. The molecule has 0 fully saturated rings. The molecule has 1 heterocycles. The molecule has 3 rings (SSSR count). The standard InChI is InChI=1S/C18H10Cl2F3N3O2S/c19-12-5-1-3-10(7-12)15(27)25-26(16(28)11-4-2-6-13(20)8-11)17-24-14(9-29-17)18(21,22)23/h1-9H,(H,25,27). The van der Waals surface area contributed by atoms with E-state index >= 15 is 0 Å². The molecular formula is C18H10Cl2F3N3O2S. The van der Waals surface area contributed by atoms with Crippen molar-refractivity contribution >= 4 is 51.5 Å². The number of carbonyl (C=O) groups excluding carboxylic acids is 2. The third kappa shape index (κ3) is 5.06. The van der Waals surface area contributed by atoms with Gasteiger partial charge in [-0.05, 0) is 36.4 Å². The summed E-state index contributed by atoms with van der Waals surface area (Å²) in [6, 6.07) is 11.6. The molecule has 0 atom stereocenters. The number of anilines is 1. The van der Waals surface area contributed by atoms with Gasteiger partial charge in [0.1, 0.15) is 0 Å². The minimum Gasteiger partial charge on any atom is -0.267 e. The molecule has 0 spiro atoms. The maximum Gasteiger partial charge on any atom is 0.434 e. The maximum atomic E-state index is 12.9. The van der Waals surface area contributed by atoms with Gasteiger partial charge in [0.05, 0.1) is 0 Å². The van der Waals surface area contributed by atoms with E-state index in [0.29, 0.717) is 16.3 Å². The number of hydrogen-bond acceptors (Lipinski definition) is 4. The molecule has 0 saturated carbocycles. The minimum atomic E-state index is -4.70. The summed E-state index contributed by atoms with van der Waals surface area (Å²) < 4.78 is 38.8. The molecule has 0 unspecified atom stereocenters. The first-order chi connectivity index (χ1) is 13.6. The van der Waals surface area contributed by atoms with Gasteiger partial charge in [-0.1, -0.05) is 35.3 Å². The second-order valence-electron chi connectivity index (χ2n) is 5.62. The predicted octanol–water partition coefficient (Wildman–Crippen LogP) is 5.46. The number of hydrogen-bond donors (Lipinski definition) is 1. The SMILES string of the molecule is O=C(NN(C(=O)c1cccc(Cl)c1)c1nc(C(F)(F)F)cs1)c1cccc(Cl)c1. The molecule has 0 aliphatic rings. The number of rotatable bonds is 3. The lowest BCUT2D eigenvalue weighted by Crippen LogP contribution is -2.46. The number of benzene rings is 2. The Morgan fingerprint density at radius 1 is 1.00 bits per heavy atom. The number of hydrazine groups is 1. The Kier molecular flexibility index (Phi) is 6.11. The van der Waals surface area contributed by atoms with Crippen LogP contribution in [0.15, 0.2) is 53.9 Å². The first-order valence-corrected chi connectivity index (χ1v) is 9.48. The van der Waals surface area contributed by atoms with Crippen LogP contribution in [0.25, 0.3) is 0 Å². The fourth-order valence-electron chi connectivity index (χ4n) is 2.23. The molecule has 0 aliphatic heterocycles. The smallest absolute Gasteiger partial charge is 0.267 e. The van der Waals surface area contributed by atoms with Gasteiger partial charge in [0.15, 0.2) is 5.69 Å². The molecule has 150 valence electrons. The second-order valence-corrected chi connectivity index (χ2v) is 7.32. The van der Waals surface area contributed by atoms with Crippen molar-refractivity contribution in [1.29, 1.82) is 0 Å². The number of amides is 2. The van der Waals surface area contributed by atoms with Crippen LogP contribution in [0.1, 0.15) is 26.4 Å². The molecule has 11 heteroatoms. The van der Waals surface area contributed by atoms with Crippen molar-refractivity contribution in [3.8, 4) is 0 Å². The molecule has 1 N–H and O–H groups in total. The Morgan fingerprint density at radius 3 is 2.14 bits per heavy atom. The fraction of sp³-hybridized carbons (Fsp3) is 0.0556. The first kappa shape index (κ1) is 21.1. The van der Waals surface area contributed by atoms with Gasteiger partial charge >= 0.3 is 6.18 Å². The van der Waals surface area contributed by atoms with Crippen molar-refractivity contribution < 1.29 is 22.8 Å². The molecule has 0 bridgehead atoms. The Hall–Kier alpha value is -2.62. The highest BCUT2D eigenvalue weighted by atomic mass is 35.5. The van der Waals surface area contributed by atoms with E-state index in [1.807, 2.05) is 0 Å². The lowest BCUT2D eigenvalue weighted by Gasteiger charge is -2.21. The first-order valence-electron chi connectivity index (χ1n) is 7.84. The summed E-state index contributed by atoms with van der Waals surface area (Å²) in [5.74, 6) is -1.57. The average molecular weight is 460 g/mol. The summed E-state index contributed by atoms with van der Waals surface area (Å²) in [6.45, 7) is 0. The number of alkyl halides is 3. The molecule has 2 amide bonds. The van der Waals surface area contributed by atoms with Gasteiger partial charge in [-0.2, -0.15) is 18.2 Å². The third-order valence-corrected chi connectivity index (χ3v) is 4.84. The zero-order valence-corrected chi connectivity index (χ0v) is 16.5. The Balaban J connectivity index is 1.98. The van der Waals surface area contributed by atoms with E-state index < -0.39 is 23.7 Å². The van der Waals surface area contributed by atoms with Gasteiger partial charge in [-0.25, -0.2) is 4.98 Å². The van der Waals surface area contributed by atoms with Gasteiger partial charge in [0.2, 0.25) is 5.13 Å². The van der Waals surface area contributed by atoms with Crippen molar-refractivity contribution in [2.75, 3.05) is 5.01 Å². The van der Waals surface area contributed by atoms with E-state index in [2.05, 4.69) is 10.4 Å². The molecule has 0 aliphatic carbocycles. The van der Waals surface area contributed by atoms with Crippen LogP contribution in [-0.4, -0.2) is 16.8 Å². The van der Waals surface area contributed by atoms with Crippen molar-refractivity contribution in [3.63, 3.8) is 0 Å². The van der Waals surface area contributed by atoms with Crippen LogP contribution in [0.4, 0.5) is 18.3 Å². The molecular weight excluding hydrogens is 450 g/mol. The van der Waals surface area contributed by atoms with Crippen LogP contribution in [-0.2, 0) is 6.18 Å². The monoisotopic (exact) mass is 459 g/mol. The molecule has 1 aromatic heterocycles. The molecule has 3 aromatic rings. The van der Waals surface area contributed by atoms with Gasteiger partial charge < -0.3 is 0 Å². The number of nitrogens with one attached hydrogen (secondary N) is 1. The van der Waals surface area contributed by atoms with Crippen molar-refractivity contribution in [1.82, 2.24) is 10.4 Å². The van der Waals surface area contributed by atoms with Gasteiger partial charge in [0.25, 0.3) is 11.8 Å². The summed E-state index contributed by atoms with van der Waals surface area (Å²) in [5, 5.41) is 1.55. The summed E-state index contributed by atoms with van der Waals surface area (Å²) in [6.07, 6.45) is -4.70. The van der Waals surface area contributed by atoms with E-state index in [9.17, 15) is 22.8 Å². The summed E-state index contributed by atoms with van der Waals surface area (Å²) in [4.78, 5) is 28.9. The predicted molar refractivity (Wildman–Crippen MR) is 104 cm³/mol. The highest BCUT2D eigenvalue weighted by molar-refractivity contribution is 7.14. The zero-order chi connectivity index (χ0) is 21.2. The summed E-state index contributed by atoms with van der Waals surface area (Å²) >= 11 is 12.3. The molecule has 0 radical (unpaired) electrons. The van der Waals surface area contributed by atoms with E-state index in [1.165, 1.54) is 42.5 Å². The second kappa shape index (κ2) is 8.40. The van der Waals surface area contributed by atoms with Crippen molar-refractivity contribution in [3.05, 3.63) is 80.8 Å². The topological polar surface area (TPSA) is 62.3 Å². The highest BCUT2D eigenvalue weighted by Gasteiger charge is 2.35. The Morgan fingerprint density at radius 2 is 1.59 bits per heavy atom. The van der Waals surface area contributed by atoms with Crippen LogP contribution in [0.3, 0.4) is 0 Å². The number of nitrogens with zero attached hydrogens (tertiary/aromatic N) is 2. The van der Waals surface area contributed by atoms with Crippen LogP contribution < -0.4 is 10.4 Å². The van der Waals surface area contributed by atoms with Crippen molar-refractivity contribution in [2.45, 2.75) is 6.18 Å². The number of carbonyl (C=O) groups is 2. The van der Waals surface area contributed by atoms with Gasteiger partial charge in [-0.15, -0.1) is 11.3 Å². The van der Waals surface area contributed by atoms with Crippen LogP contribution in [0, 0.1) is 0 Å². The largest absolute Gasteiger partial charge is 0.434 e. The molecule has 0 saturated heterocycles. The van der Waals surface area contributed by atoms with E-state index in [0.717, 1.165) is 5.38 Å². The van der Waals surface area contributed by atoms with Gasteiger partial charge in [0, 0.05) is 26.6 Å². The van der Waals surface area contributed by atoms with Crippen molar-refractivity contribution in [2.24, 2.45) is 0 Å². The highest BCUT2D eigenvalue weighted by Crippen LogP contribution is 2.33. The normalized spacial score (nSPS) is 11.2. The minimum absolute atomic E-state index is 0.0488. The number of halogens is 5. The average Bonchev–Trinajstić information content (AvgIpc) is 3.16. The van der Waals surface area contributed by atoms with Gasteiger partial charge in [-0.3, -0.25) is 15.0 Å². The Bertz CT molecular complexity index is 1070. The quantitative estimate of drug-likeness (QED) is 0.528. The molecule has 5 nitrogen and oxygen atoms in total. The Labute approximate surface area is 176 Å². The summed E-state index contributed by atoms with van der Waals surface area (Å²) in [7, 11) is 0. The van der Waals surface area contributed by atoms with Crippen LogP contribution in [0.5, 0.6) is 0 Å². The zero-order valence-electron chi connectivity index (χ0n) is 14.2. The maximum absolute atomic E-state index is 12.9. The van der Waals surface area contributed by atoms with E-state index in [1.54, 1.807) is 6.07 Å². The van der Waals surface area contributed by atoms with E-state index in [-0.39, 0.29) is 26.3 Å². The van der Waals surface area contributed by atoms with Crippen LogP contribution >= 0.6 is 34.5 Å². The lowest BCUT2D eigenvalue weighted by molar-refractivity contribution is -0.140.